The fraction of sp³-hybridized carbons (Fsp3) is 0.316. The van der Waals surface area contributed by atoms with E-state index >= 15 is 0 Å². The Hall–Kier alpha value is -2.69. The maximum absolute atomic E-state index is 12.4. The van der Waals surface area contributed by atoms with Gasteiger partial charge in [0.1, 0.15) is 17.2 Å². The standard InChI is InChI=1S/C19H23NO4/c1-12-8-13(2)10-16(9-12)24-14(3)19(21)20-17-7-6-15(22-4)11-18(17)23-5/h6-11,14H,1-5H3,(H,20,21)/t14-/m1/s1. The van der Waals surface area contributed by atoms with E-state index in [1.807, 2.05) is 26.0 Å². The largest absolute Gasteiger partial charge is 0.497 e. The fourth-order valence-corrected chi connectivity index (χ4v) is 2.39. The van der Waals surface area contributed by atoms with Gasteiger partial charge in [0, 0.05) is 6.07 Å². The molecule has 2 aromatic carbocycles. The third-order valence-electron chi connectivity index (χ3n) is 3.54. The Kier molecular flexibility index (Phi) is 5.68. The van der Waals surface area contributed by atoms with Crippen LogP contribution >= 0.6 is 0 Å². The monoisotopic (exact) mass is 329 g/mol. The lowest BCUT2D eigenvalue weighted by atomic mass is 10.1. The summed E-state index contributed by atoms with van der Waals surface area (Å²) in [6, 6.07) is 11.1. The van der Waals surface area contributed by atoms with Crippen molar-refractivity contribution in [1.82, 2.24) is 0 Å². The van der Waals surface area contributed by atoms with Gasteiger partial charge < -0.3 is 19.5 Å². The Balaban J connectivity index is 2.08. The highest BCUT2D eigenvalue weighted by atomic mass is 16.5. The van der Waals surface area contributed by atoms with E-state index in [1.165, 1.54) is 0 Å². The molecule has 0 saturated heterocycles. The van der Waals surface area contributed by atoms with Crippen LogP contribution in [0.4, 0.5) is 5.69 Å². The summed E-state index contributed by atoms with van der Waals surface area (Å²) in [5.41, 5.74) is 2.75. The number of rotatable bonds is 6. The second-order valence-electron chi connectivity index (χ2n) is 5.64. The van der Waals surface area contributed by atoms with Gasteiger partial charge in [-0.2, -0.15) is 0 Å². The minimum Gasteiger partial charge on any atom is -0.497 e. The molecule has 0 spiro atoms. The van der Waals surface area contributed by atoms with Crippen LogP contribution < -0.4 is 19.5 Å². The van der Waals surface area contributed by atoms with E-state index in [-0.39, 0.29) is 5.91 Å². The number of nitrogens with one attached hydrogen (secondary N) is 1. The van der Waals surface area contributed by atoms with Crippen LogP contribution in [0.2, 0.25) is 0 Å². The maximum Gasteiger partial charge on any atom is 0.265 e. The molecule has 5 nitrogen and oxygen atoms in total. The molecule has 2 rings (SSSR count). The summed E-state index contributed by atoms with van der Waals surface area (Å²) in [5, 5.41) is 2.82. The van der Waals surface area contributed by atoms with E-state index < -0.39 is 6.10 Å². The summed E-state index contributed by atoms with van der Waals surface area (Å²) >= 11 is 0. The molecule has 5 heteroatoms. The number of amides is 1. The zero-order chi connectivity index (χ0) is 17.7. The number of hydrogen-bond acceptors (Lipinski definition) is 4. The van der Waals surface area contributed by atoms with Crippen molar-refractivity contribution in [3.05, 3.63) is 47.5 Å². The first-order chi connectivity index (χ1) is 11.4. The zero-order valence-electron chi connectivity index (χ0n) is 14.7. The van der Waals surface area contributed by atoms with Gasteiger partial charge in [0.05, 0.1) is 19.9 Å². The Bertz CT molecular complexity index is 707. The lowest BCUT2D eigenvalue weighted by Crippen LogP contribution is -2.30. The van der Waals surface area contributed by atoms with Gasteiger partial charge in [-0.25, -0.2) is 0 Å². The normalized spacial score (nSPS) is 11.5. The smallest absolute Gasteiger partial charge is 0.265 e. The van der Waals surface area contributed by atoms with Gasteiger partial charge in [-0.05, 0) is 56.2 Å². The molecule has 0 saturated carbocycles. The van der Waals surface area contributed by atoms with E-state index in [2.05, 4.69) is 11.4 Å². The van der Waals surface area contributed by atoms with E-state index in [9.17, 15) is 4.79 Å². The fourth-order valence-electron chi connectivity index (χ4n) is 2.39. The van der Waals surface area contributed by atoms with Crippen molar-refractivity contribution in [2.24, 2.45) is 0 Å². The molecule has 0 aliphatic rings. The Labute approximate surface area is 142 Å². The third-order valence-corrected chi connectivity index (χ3v) is 3.54. The molecule has 1 atom stereocenters. The van der Waals surface area contributed by atoms with Gasteiger partial charge in [-0.3, -0.25) is 4.79 Å². The maximum atomic E-state index is 12.4. The van der Waals surface area contributed by atoms with Crippen molar-refractivity contribution >= 4 is 11.6 Å². The molecule has 0 aliphatic heterocycles. The Morgan fingerprint density at radius 3 is 2.21 bits per heavy atom. The number of hydrogen-bond donors (Lipinski definition) is 1. The molecule has 1 N–H and O–H groups in total. The van der Waals surface area contributed by atoms with Gasteiger partial charge in [0.25, 0.3) is 5.91 Å². The minimum atomic E-state index is -0.641. The van der Waals surface area contributed by atoms with Crippen LogP contribution in [0.5, 0.6) is 17.2 Å². The number of anilines is 1. The lowest BCUT2D eigenvalue weighted by molar-refractivity contribution is -0.122. The van der Waals surface area contributed by atoms with Gasteiger partial charge in [-0.1, -0.05) is 6.07 Å². The summed E-state index contributed by atoms with van der Waals surface area (Å²) < 4.78 is 16.2. The van der Waals surface area contributed by atoms with Crippen LogP contribution in [-0.2, 0) is 4.79 Å². The van der Waals surface area contributed by atoms with Gasteiger partial charge >= 0.3 is 0 Å². The Morgan fingerprint density at radius 1 is 0.958 bits per heavy atom. The van der Waals surface area contributed by atoms with E-state index in [0.717, 1.165) is 11.1 Å². The van der Waals surface area contributed by atoms with Crippen molar-refractivity contribution < 1.29 is 19.0 Å². The van der Waals surface area contributed by atoms with Crippen LogP contribution in [0.1, 0.15) is 18.1 Å². The average Bonchev–Trinajstić information content (AvgIpc) is 2.54. The third kappa shape index (κ3) is 4.41. The van der Waals surface area contributed by atoms with Crippen LogP contribution in [0, 0.1) is 13.8 Å². The molecule has 0 unspecified atom stereocenters. The lowest BCUT2D eigenvalue weighted by Gasteiger charge is -2.17. The molecule has 1 amide bonds. The summed E-state index contributed by atoms with van der Waals surface area (Å²) in [7, 11) is 3.12. The molecule has 0 fully saturated rings. The highest BCUT2D eigenvalue weighted by molar-refractivity contribution is 5.95. The predicted molar refractivity (Wildman–Crippen MR) is 94.2 cm³/mol. The number of carbonyl (C=O) groups excluding carboxylic acids is 1. The summed E-state index contributed by atoms with van der Waals surface area (Å²) in [4.78, 5) is 12.4. The Morgan fingerprint density at radius 2 is 1.62 bits per heavy atom. The number of ether oxygens (including phenoxy) is 3. The second kappa shape index (κ2) is 7.73. The van der Waals surface area contributed by atoms with Crippen molar-refractivity contribution in [3.8, 4) is 17.2 Å². The zero-order valence-corrected chi connectivity index (χ0v) is 14.7. The van der Waals surface area contributed by atoms with Crippen molar-refractivity contribution in [3.63, 3.8) is 0 Å². The molecule has 0 bridgehead atoms. The highest BCUT2D eigenvalue weighted by Gasteiger charge is 2.17. The van der Waals surface area contributed by atoms with E-state index in [0.29, 0.717) is 22.9 Å². The van der Waals surface area contributed by atoms with Crippen LogP contribution in [0.25, 0.3) is 0 Å². The summed E-state index contributed by atoms with van der Waals surface area (Å²) in [5.74, 6) is 1.61. The molecule has 2 aromatic rings. The van der Waals surface area contributed by atoms with Crippen molar-refractivity contribution in [1.29, 1.82) is 0 Å². The number of aryl methyl sites for hydroxylation is 2. The van der Waals surface area contributed by atoms with E-state index in [4.69, 9.17) is 14.2 Å². The van der Waals surface area contributed by atoms with Crippen molar-refractivity contribution in [2.75, 3.05) is 19.5 Å². The summed E-state index contributed by atoms with van der Waals surface area (Å²) in [6.07, 6.45) is -0.641. The first kappa shape index (κ1) is 17.7. The van der Waals surface area contributed by atoms with Crippen LogP contribution in [-0.4, -0.2) is 26.2 Å². The van der Waals surface area contributed by atoms with E-state index in [1.54, 1.807) is 39.3 Å². The molecule has 0 heterocycles. The molecule has 0 radical (unpaired) electrons. The second-order valence-corrected chi connectivity index (χ2v) is 5.64. The molecule has 24 heavy (non-hydrogen) atoms. The van der Waals surface area contributed by atoms with Gasteiger partial charge in [-0.15, -0.1) is 0 Å². The molecular weight excluding hydrogens is 306 g/mol. The van der Waals surface area contributed by atoms with Gasteiger partial charge in [0.15, 0.2) is 6.10 Å². The average molecular weight is 329 g/mol. The predicted octanol–water partition coefficient (Wildman–Crippen LogP) is 3.73. The number of carbonyl (C=O) groups is 1. The number of methoxy groups -OCH3 is 2. The van der Waals surface area contributed by atoms with Gasteiger partial charge in [0.2, 0.25) is 0 Å². The SMILES string of the molecule is COc1ccc(NC(=O)[C@@H](C)Oc2cc(C)cc(C)c2)c(OC)c1. The highest BCUT2D eigenvalue weighted by Crippen LogP contribution is 2.29. The molecule has 0 aliphatic carbocycles. The first-order valence-corrected chi connectivity index (χ1v) is 7.70. The van der Waals surface area contributed by atoms with Crippen LogP contribution in [0.15, 0.2) is 36.4 Å². The first-order valence-electron chi connectivity index (χ1n) is 7.70. The van der Waals surface area contributed by atoms with Crippen LogP contribution in [0.3, 0.4) is 0 Å². The summed E-state index contributed by atoms with van der Waals surface area (Å²) in [6.45, 7) is 5.70. The molecule has 128 valence electrons. The minimum absolute atomic E-state index is 0.252. The molecule has 0 aromatic heterocycles. The molecular formula is C19H23NO4. The quantitative estimate of drug-likeness (QED) is 0.877. The number of benzene rings is 2. The topological polar surface area (TPSA) is 56.8 Å². The van der Waals surface area contributed by atoms with Crippen molar-refractivity contribution in [2.45, 2.75) is 26.9 Å².